The number of hydrogen-bond acceptors (Lipinski definition) is 6. The number of aromatic nitrogens is 4. The SMILES string of the molecule is CCOc1nc(NCc2ncn(C)n2)ccc1N. The second-order valence-corrected chi connectivity index (χ2v) is 3.71. The summed E-state index contributed by atoms with van der Waals surface area (Å²) < 4.78 is 6.97. The number of rotatable bonds is 5. The molecule has 0 unspecified atom stereocenters. The molecule has 0 fully saturated rings. The van der Waals surface area contributed by atoms with Crippen molar-refractivity contribution < 1.29 is 4.74 Å². The zero-order valence-electron chi connectivity index (χ0n) is 10.4. The monoisotopic (exact) mass is 248 g/mol. The average molecular weight is 248 g/mol. The lowest BCUT2D eigenvalue weighted by Crippen LogP contribution is -2.06. The van der Waals surface area contributed by atoms with Crippen molar-refractivity contribution in [2.75, 3.05) is 17.7 Å². The topological polar surface area (TPSA) is 90.9 Å². The first-order valence-electron chi connectivity index (χ1n) is 5.66. The van der Waals surface area contributed by atoms with Gasteiger partial charge in [0.25, 0.3) is 0 Å². The minimum Gasteiger partial charge on any atom is -0.476 e. The molecule has 0 aliphatic heterocycles. The van der Waals surface area contributed by atoms with Crippen molar-refractivity contribution in [3.8, 4) is 5.88 Å². The molecule has 2 aromatic rings. The zero-order chi connectivity index (χ0) is 13.0. The molecule has 7 heteroatoms. The van der Waals surface area contributed by atoms with Crippen LogP contribution >= 0.6 is 0 Å². The minimum atomic E-state index is 0.441. The molecular formula is C11H16N6O. The van der Waals surface area contributed by atoms with Gasteiger partial charge < -0.3 is 15.8 Å². The van der Waals surface area contributed by atoms with Gasteiger partial charge in [0.15, 0.2) is 5.82 Å². The number of ether oxygens (including phenoxy) is 1. The smallest absolute Gasteiger partial charge is 0.239 e. The van der Waals surface area contributed by atoms with Crippen molar-refractivity contribution in [3.05, 3.63) is 24.3 Å². The molecule has 3 N–H and O–H groups in total. The van der Waals surface area contributed by atoms with Crippen molar-refractivity contribution in [2.45, 2.75) is 13.5 Å². The van der Waals surface area contributed by atoms with Gasteiger partial charge in [-0.05, 0) is 19.1 Å². The molecule has 2 heterocycles. The second-order valence-electron chi connectivity index (χ2n) is 3.71. The van der Waals surface area contributed by atoms with Crippen molar-refractivity contribution in [3.63, 3.8) is 0 Å². The Hall–Kier alpha value is -2.31. The van der Waals surface area contributed by atoms with Gasteiger partial charge in [0.2, 0.25) is 5.88 Å². The molecule has 0 saturated carbocycles. The van der Waals surface area contributed by atoms with Crippen molar-refractivity contribution >= 4 is 11.5 Å². The molecule has 0 aliphatic carbocycles. The molecule has 96 valence electrons. The van der Waals surface area contributed by atoms with E-state index in [0.29, 0.717) is 36.4 Å². The number of nitrogens with one attached hydrogen (secondary N) is 1. The zero-order valence-corrected chi connectivity index (χ0v) is 10.4. The third-order valence-electron chi connectivity index (χ3n) is 2.25. The fourth-order valence-electron chi connectivity index (χ4n) is 1.44. The van der Waals surface area contributed by atoms with E-state index in [9.17, 15) is 0 Å². The highest BCUT2D eigenvalue weighted by Gasteiger charge is 2.04. The summed E-state index contributed by atoms with van der Waals surface area (Å²) in [6.07, 6.45) is 1.65. The third kappa shape index (κ3) is 2.88. The summed E-state index contributed by atoms with van der Waals surface area (Å²) in [6, 6.07) is 3.55. The maximum atomic E-state index is 5.74. The maximum absolute atomic E-state index is 5.74. The third-order valence-corrected chi connectivity index (χ3v) is 2.25. The fraction of sp³-hybridized carbons (Fsp3) is 0.364. The van der Waals surface area contributed by atoms with E-state index in [1.54, 1.807) is 23.1 Å². The maximum Gasteiger partial charge on any atom is 0.239 e. The van der Waals surface area contributed by atoms with Crippen molar-refractivity contribution in [2.24, 2.45) is 7.05 Å². The quantitative estimate of drug-likeness (QED) is 0.813. The number of nitrogens with two attached hydrogens (primary N) is 1. The predicted molar refractivity (Wildman–Crippen MR) is 68.1 cm³/mol. The normalized spacial score (nSPS) is 10.3. The van der Waals surface area contributed by atoms with Gasteiger partial charge in [-0.2, -0.15) is 10.1 Å². The van der Waals surface area contributed by atoms with Crippen LogP contribution in [0.15, 0.2) is 18.5 Å². The second kappa shape index (κ2) is 5.35. The van der Waals surface area contributed by atoms with Gasteiger partial charge in [-0.3, -0.25) is 4.68 Å². The van der Waals surface area contributed by atoms with Crippen LogP contribution in [-0.2, 0) is 13.6 Å². The van der Waals surface area contributed by atoms with Gasteiger partial charge in [-0.25, -0.2) is 4.98 Å². The van der Waals surface area contributed by atoms with Gasteiger partial charge >= 0.3 is 0 Å². The van der Waals surface area contributed by atoms with E-state index >= 15 is 0 Å². The summed E-state index contributed by atoms with van der Waals surface area (Å²) in [7, 11) is 1.82. The highest BCUT2D eigenvalue weighted by molar-refractivity contribution is 5.53. The lowest BCUT2D eigenvalue weighted by molar-refractivity contribution is 0.329. The first-order chi connectivity index (χ1) is 8.69. The summed E-state index contributed by atoms with van der Waals surface area (Å²) in [4.78, 5) is 8.38. The van der Waals surface area contributed by atoms with E-state index in [1.807, 2.05) is 14.0 Å². The molecule has 0 aromatic carbocycles. The standard InChI is InChI=1S/C11H16N6O/c1-3-18-11-8(12)4-5-9(15-11)13-6-10-14-7-17(2)16-10/h4-5,7H,3,6,12H2,1-2H3,(H,13,15). The van der Waals surface area contributed by atoms with Gasteiger partial charge in [-0.1, -0.05) is 0 Å². The van der Waals surface area contributed by atoms with Crippen LogP contribution in [0.25, 0.3) is 0 Å². The molecule has 0 aliphatic rings. The van der Waals surface area contributed by atoms with E-state index in [0.717, 1.165) is 0 Å². The van der Waals surface area contributed by atoms with Crippen LogP contribution < -0.4 is 15.8 Å². The number of aryl methyl sites for hydroxylation is 1. The Morgan fingerprint density at radius 3 is 2.94 bits per heavy atom. The van der Waals surface area contributed by atoms with E-state index in [2.05, 4.69) is 20.4 Å². The Balaban J connectivity index is 2.03. The Morgan fingerprint density at radius 2 is 2.28 bits per heavy atom. The number of anilines is 2. The molecule has 0 saturated heterocycles. The Morgan fingerprint density at radius 1 is 1.44 bits per heavy atom. The van der Waals surface area contributed by atoms with E-state index in [4.69, 9.17) is 10.5 Å². The van der Waals surface area contributed by atoms with Crippen molar-refractivity contribution in [1.82, 2.24) is 19.7 Å². The van der Waals surface area contributed by atoms with Crippen LogP contribution in [0.3, 0.4) is 0 Å². The van der Waals surface area contributed by atoms with Crippen LogP contribution in [0, 0.1) is 0 Å². The molecule has 0 bridgehead atoms. The number of hydrogen-bond donors (Lipinski definition) is 2. The van der Waals surface area contributed by atoms with E-state index in [-0.39, 0.29) is 0 Å². The average Bonchev–Trinajstić information content (AvgIpc) is 2.76. The van der Waals surface area contributed by atoms with Crippen LogP contribution in [0.1, 0.15) is 12.7 Å². The first kappa shape index (κ1) is 12.2. The Labute approximate surface area is 105 Å². The van der Waals surface area contributed by atoms with Gasteiger partial charge in [0.05, 0.1) is 18.8 Å². The fourth-order valence-corrected chi connectivity index (χ4v) is 1.44. The molecule has 0 amide bonds. The lowest BCUT2D eigenvalue weighted by Gasteiger charge is -2.08. The van der Waals surface area contributed by atoms with E-state index in [1.165, 1.54) is 0 Å². The van der Waals surface area contributed by atoms with Gasteiger partial charge in [-0.15, -0.1) is 0 Å². The Bertz CT molecular complexity index is 524. The number of pyridine rings is 1. The Kier molecular flexibility index (Phi) is 3.61. The highest BCUT2D eigenvalue weighted by atomic mass is 16.5. The van der Waals surface area contributed by atoms with Crippen LogP contribution in [0.4, 0.5) is 11.5 Å². The molecule has 0 radical (unpaired) electrons. The number of nitrogen functional groups attached to an aromatic ring is 1. The molecular weight excluding hydrogens is 232 g/mol. The molecule has 2 aromatic heterocycles. The summed E-state index contributed by atoms with van der Waals surface area (Å²) >= 11 is 0. The van der Waals surface area contributed by atoms with Gasteiger partial charge in [0.1, 0.15) is 12.1 Å². The van der Waals surface area contributed by atoms with Crippen LogP contribution in [0.5, 0.6) is 5.88 Å². The molecule has 0 atom stereocenters. The van der Waals surface area contributed by atoms with Crippen LogP contribution in [-0.4, -0.2) is 26.4 Å². The summed E-state index contributed by atoms with van der Waals surface area (Å²) in [5.41, 5.74) is 6.27. The molecule has 18 heavy (non-hydrogen) atoms. The molecule has 0 spiro atoms. The molecule has 2 rings (SSSR count). The van der Waals surface area contributed by atoms with Crippen molar-refractivity contribution in [1.29, 1.82) is 0 Å². The minimum absolute atomic E-state index is 0.441. The van der Waals surface area contributed by atoms with Gasteiger partial charge in [0, 0.05) is 7.05 Å². The summed E-state index contributed by atoms with van der Waals surface area (Å²) in [5.74, 6) is 1.82. The largest absolute Gasteiger partial charge is 0.476 e. The highest BCUT2D eigenvalue weighted by Crippen LogP contribution is 2.20. The number of nitrogens with zero attached hydrogens (tertiary/aromatic N) is 4. The summed E-state index contributed by atoms with van der Waals surface area (Å²) in [6.45, 7) is 2.92. The first-order valence-corrected chi connectivity index (χ1v) is 5.66. The van der Waals surface area contributed by atoms with E-state index < -0.39 is 0 Å². The molecule has 7 nitrogen and oxygen atoms in total. The lowest BCUT2D eigenvalue weighted by atomic mass is 10.4. The van der Waals surface area contributed by atoms with Crippen LogP contribution in [0.2, 0.25) is 0 Å². The predicted octanol–water partition coefficient (Wildman–Crippen LogP) is 0.803. The summed E-state index contributed by atoms with van der Waals surface area (Å²) in [5, 5.41) is 7.28.